The summed E-state index contributed by atoms with van der Waals surface area (Å²) in [6.45, 7) is 0. The summed E-state index contributed by atoms with van der Waals surface area (Å²) in [6.07, 6.45) is -3.02. The van der Waals surface area contributed by atoms with Crippen molar-refractivity contribution < 1.29 is 18.0 Å². The molecule has 1 amide bonds. The second kappa shape index (κ2) is 4.77. The van der Waals surface area contributed by atoms with Crippen molar-refractivity contribution in [3.63, 3.8) is 0 Å². The number of hydrogen-bond donors (Lipinski definition) is 1. The molecule has 0 unspecified atom stereocenters. The first kappa shape index (κ1) is 13.2. The molecule has 1 aromatic carbocycles. The van der Waals surface area contributed by atoms with E-state index in [-0.39, 0.29) is 5.69 Å². The maximum absolute atomic E-state index is 12.1. The number of anilines is 1. The number of rotatable bonds is 2. The van der Waals surface area contributed by atoms with Crippen LogP contribution in [-0.4, -0.2) is 23.3 Å². The van der Waals surface area contributed by atoms with Gasteiger partial charge in [0.05, 0.1) is 10.2 Å². The Morgan fingerprint density at radius 3 is 2.78 bits per heavy atom. The number of fused-ring (bicyclic) bond motifs is 1. The number of nitrogens with zero attached hydrogens (tertiary/aromatic N) is 1. The van der Waals surface area contributed by atoms with Gasteiger partial charge >= 0.3 is 12.1 Å². The zero-order valence-corrected chi connectivity index (χ0v) is 10.7. The third-order valence-electron chi connectivity index (χ3n) is 2.06. The molecule has 3 nitrogen and oxygen atoms in total. The molecule has 0 spiro atoms. The van der Waals surface area contributed by atoms with E-state index in [9.17, 15) is 18.0 Å². The molecule has 0 bridgehead atoms. The number of alkyl halides is 3. The van der Waals surface area contributed by atoms with E-state index >= 15 is 0 Å². The van der Waals surface area contributed by atoms with Gasteiger partial charge in [0, 0.05) is 5.69 Å². The summed E-state index contributed by atoms with van der Waals surface area (Å²) < 4.78 is 37.8. The average Bonchev–Trinajstić information content (AvgIpc) is 2.69. The van der Waals surface area contributed by atoms with Crippen molar-refractivity contribution in [2.45, 2.75) is 10.5 Å². The zero-order valence-electron chi connectivity index (χ0n) is 9.04. The molecule has 0 radical (unpaired) electrons. The van der Waals surface area contributed by atoms with E-state index in [0.717, 1.165) is 9.04 Å². The highest BCUT2D eigenvalue weighted by molar-refractivity contribution is 8.00. The van der Waals surface area contributed by atoms with Gasteiger partial charge in [0.2, 0.25) is 0 Å². The molecule has 0 saturated carbocycles. The number of benzene rings is 1. The van der Waals surface area contributed by atoms with Gasteiger partial charge in [-0.25, -0.2) is 4.98 Å². The lowest BCUT2D eigenvalue weighted by Gasteiger charge is -2.07. The Kier molecular flexibility index (Phi) is 3.49. The molecule has 0 fully saturated rings. The summed E-state index contributed by atoms with van der Waals surface area (Å²) in [4.78, 5) is 15.0. The predicted molar refractivity (Wildman–Crippen MR) is 66.1 cm³/mol. The van der Waals surface area contributed by atoms with Gasteiger partial charge in [-0.15, -0.1) is 11.3 Å². The molecular weight excluding hydrogens is 285 g/mol. The summed E-state index contributed by atoms with van der Waals surface area (Å²) in [6, 6.07) is 4.46. The fourth-order valence-electron chi connectivity index (χ4n) is 1.27. The van der Waals surface area contributed by atoms with E-state index in [1.165, 1.54) is 35.2 Å². The number of thioether (sulfide) groups is 1. The maximum atomic E-state index is 12.1. The van der Waals surface area contributed by atoms with Crippen LogP contribution in [0.2, 0.25) is 0 Å². The number of nitrogens with one attached hydrogen (secondary N) is 1. The van der Waals surface area contributed by atoms with Crippen molar-refractivity contribution >= 4 is 44.9 Å². The normalized spacial score (nSPS) is 11.8. The Balaban J connectivity index is 2.27. The highest BCUT2D eigenvalue weighted by Crippen LogP contribution is 2.30. The van der Waals surface area contributed by atoms with Gasteiger partial charge in [0.25, 0.3) is 0 Å². The van der Waals surface area contributed by atoms with Crippen LogP contribution in [0.15, 0.2) is 22.5 Å². The number of halogens is 3. The smallest absolute Gasteiger partial charge is 0.318 e. The fraction of sp³-hybridized carbons (Fsp3) is 0.200. The lowest BCUT2D eigenvalue weighted by atomic mass is 10.3. The van der Waals surface area contributed by atoms with Crippen LogP contribution in [0, 0.1) is 0 Å². The summed E-state index contributed by atoms with van der Waals surface area (Å²) in [5, 5.41) is 1.81. The monoisotopic (exact) mass is 292 g/mol. The molecule has 0 aliphatic rings. The van der Waals surface area contributed by atoms with Crippen molar-refractivity contribution in [1.82, 2.24) is 4.98 Å². The lowest BCUT2D eigenvalue weighted by molar-refractivity contribution is -0.167. The topological polar surface area (TPSA) is 42.0 Å². The molecule has 1 N–H and O–H groups in total. The van der Waals surface area contributed by atoms with E-state index in [1.807, 2.05) is 11.6 Å². The molecule has 1 heterocycles. The minimum Gasteiger partial charge on any atom is -0.318 e. The quantitative estimate of drug-likeness (QED) is 0.861. The number of carbonyl (C=O) groups is 1. The Bertz CT molecular complexity index is 594. The molecule has 0 aliphatic carbocycles. The van der Waals surface area contributed by atoms with Crippen molar-refractivity contribution in [2.24, 2.45) is 0 Å². The van der Waals surface area contributed by atoms with Crippen LogP contribution < -0.4 is 5.32 Å². The van der Waals surface area contributed by atoms with Crippen molar-refractivity contribution in [1.29, 1.82) is 0 Å². The van der Waals surface area contributed by atoms with Gasteiger partial charge in [-0.2, -0.15) is 13.2 Å². The molecule has 2 aromatic rings. The minimum absolute atomic E-state index is 0.112. The van der Waals surface area contributed by atoms with E-state index in [1.54, 1.807) is 6.07 Å². The van der Waals surface area contributed by atoms with E-state index in [4.69, 9.17) is 0 Å². The summed E-state index contributed by atoms with van der Waals surface area (Å²) in [5.41, 5.74) is 0.815. The standard InChI is InChI=1S/C10H7F3N2OS2/c1-17-9-15-6-3-2-5(4-7(6)18-9)14-8(16)10(11,12)13/h2-4H,1H3,(H,14,16). The van der Waals surface area contributed by atoms with Crippen LogP contribution in [0.25, 0.3) is 10.2 Å². The Morgan fingerprint density at radius 2 is 2.17 bits per heavy atom. The first-order valence-electron chi connectivity index (χ1n) is 4.73. The highest BCUT2D eigenvalue weighted by atomic mass is 32.2. The first-order chi connectivity index (χ1) is 8.40. The van der Waals surface area contributed by atoms with Crippen LogP contribution in [0.5, 0.6) is 0 Å². The minimum atomic E-state index is -4.88. The van der Waals surface area contributed by atoms with Crippen LogP contribution in [0.4, 0.5) is 18.9 Å². The zero-order chi connectivity index (χ0) is 13.3. The second-order valence-electron chi connectivity index (χ2n) is 3.32. The van der Waals surface area contributed by atoms with Crippen molar-refractivity contribution in [3.05, 3.63) is 18.2 Å². The third kappa shape index (κ3) is 2.75. The largest absolute Gasteiger partial charge is 0.471 e. The molecule has 2 rings (SSSR count). The molecular formula is C10H7F3N2OS2. The lowest BCUT2D eigenvalue weighted by Crippen LogP contribution is -2.29. The van der Waals surface area contributed by atoms with Crippen LogP contribution >= 0.6 is 23.1 Å². The summed E-state index contributed by atoms with van der Waals surface area (Å²) in [5.74, 6) is -1.98. The number of thiazole rings is 1. The SMILES string of the molecule is CSc1nc2ccc(NC(=O)C(F)(F)F)cc2s1. The molecule has 18 heavy (non-hydrogen) atoms. The van der Waals surface area contributed by atoms with Gasteiger partial charge in [-0.05, 0) is 24.5 Å². The maximum Gasteiger partial charge on any atom is 0.471 e. The Labute approximate surface area is 108 Å². The fourth-order valence-corrected chi connectivity index (χ4v) is 2.80. The van der Waals surface area contributed by atoms with Crippen LogP contribution in [0.3, 0.4) is 0 Å². The molecule has 0 aliphatic heterocycles. The third-order valence-corrected chi connectivity index (χ3v) is 4.06. The molecule has 1 aromatic heterocycles. The van der Waals surface area contributed by atoms with E-state index < -0.39 is 12.1 Å². The van der Waals surface area contributed by atoms with Gasteiger partial charge in [-0.1, -0.05) is 11.8 Å². The number of hydrogen-bond acceptors (Lipinski definition) is 4. The Hall–Kier alpha value is -1.28. The van der Waals surface area contributed by atoms with Crippen molar-refractivity contribution in [2.75, 3.05) is 11.6 Å². The number of amides is 1. The van der Waals surface area contributed by atoms with Gasteiger partial charge in [-0.3, -0.25) is 4.79 Å². The van der Waals surface area contributed by atoms with Gasteiger partial charge in [0.15, 0.2) is 4.34 Å². The predicted octanol–water partition coefficient (Wildman–Crippen LogP) is 3.52. The second-order valence-corrected chi connectivity index (χ2v) is 5.40. The molecule has 0 atom stereocenters. The summed E-state index contributed by atoms with van der Waals surface area (Å²) in [7, 11) is 0. The van der Waals surface area contributed by atoms with Crippen LogP contribution in [0.1, 0.15) is 0 Å². The van der Waals surface area contributed by atoms with Crippen LogP contribution in [-0.2, 0) is 4.79 Å². The first-order valence-corrected chi connectivity index (χ1v) is 6.77. The number of aromatic nitrogens is 1. The van der Waals surface area contributed by atoms with E-state index in [2.05, 4.69) is 4.98 Å². The van der Waals surface area contributed by atoms with Crippen molar-refractivity contribution in [3.8, 4) is 0 Å². The molecule has 0 saturated heterocycles. The molecule has 8 heteroatoms. The highest BCUT2D eigenvalue weighted by Gasteiger charge is 2.38. The number of carbonyl (C=O) groups excluding carboxylic acids is 1. The Morgan fingerprint density at radius 1 is 1.44 bits per heavy atom. The summed E-state index contributed by atoms with van der Waals surface area (Å²) >= 11 is 2.82. The van der Waals surface area contributed by atoms with Gasteiger partial charge in [0.1, 0.15) is 0 Å². The average molecular weight is 292 g/mol. The van der Waals surface area contributed by atoms with Gasteiger partial charge < -0.3 is 5.32 Å². The molecule has 96 valence electrons. The van der Waals surface area contributed by atoms with E-state index in [0.29, 0.717) is 5.52 Å².